The first-order valence-electron chi connectivity index (χ1n) is 12.9. The van der Waals surface area contributed by atoms with Gasteiger partial charge in [-0.3, -0.25) is 4.98 Å². The van der Waals surface area contributed by atoms with Crippen molar-refractivity contribution in [1.29, 1.82) is 0 Å². The summed E-state index contributed by atoms with van der Waals surface area (Å²) < 4.78 is 90.9. The molecule has 2 unspecified atom stereocenters. The molecule has 0 saturated heterocycles. The van der Waals surface area contributed by atoms with E-state index in [0.29, 0.717) is 28.6 Å². The molecule has 0 aliphatic carbocycles. The highest BCUT2D eigenvalue weighted by Gasteiger charge is 2.45. The SMILES string of the molecule is CCS(=O)(=O)C(F)(Cc1cccc(-c2cc(CC(C)S(C)(=O)=O)cc3cccnc23)c1)c1ccc(S(C)(=O)=O)cc1. The number of benzene rings is 3. The molecule has 0 saturated carbocycles. The number of fused-ring (bicyclic) bond motifs is 1. The lowest BCUT2D eigenvalue weighted by Crippen LogP contribution is -2.35. The summed E-state index contributed by atoms with van der Waals surface area (Å²) in [5.74, 6) is -0.452. The number of nitrogens with zero attached hydrogens (tertiary/aromatic N) is 1. The van der Waals surface area contributed by atoms with E-state index in [1.165, 1.54) is 37.4 Å². The van der Waals surface area contributed by atoms with E-state index in [1.54, 1.807) is 37.4 Å². The van der Waals surface area contributed by atoms with Gasteiger partial charge in [0.15, 0.2) is 19.7 Å². The third-order valence-corrected chi connectivity index (χ3v) is 12.2. The highest BCUT2D eigenvalue weighted by atomic mass is 32.2. The quantitative estimate of drug-likeness (QED) is 0.244. The maximum Gasteiger partial charge on any atom is 0.239 e. The Hall–Kier alpha value is -3.15. The predicted octanol–water partition coefficient (Wildman–Crippen LogP) is 5.08. The highest BCUT2D eigenvalue weighted by molar-refractivity contribution is 7.92. The number of halogens is 1. The fourth-order valence-electron chi connectivity index (χ4n) is 4.76. The Bertz CT molecular complexity index is 1920. The first kappa shape index (κ1) is 30.8. The normalized spacial score (nSPS) is 15.0. The minimum absolute atomic E-state index is 0.0380. The Kier molecular flexibility index (Phi) is 8.46. The summed E-state index contributed by atoms with van der Waals surface area (Å²) >= 11 is 0. The molecule has 0 fully saturated rings. The highest BCUT2D eigenvalue weighted by Crippen LogP contribution is 2.38. The molecule has 3 aromatic carbocycles. The van der Waals surface area contributed by atoms with Gasteiger partial charge in [-0.15, -0.1) is 0 Å². The summed E-state index contributed by atoms with van der Waals surface area (Å²) in [6.45, 7) is 3.02. The first-order valence-corrected chi connectivity index (χ1v) is 18.4. The molecule has 0 radical (unpaired) electrons. The Balaban J connectivity index is 1.81. The molecule has 4 rings (SSSR count). The topological polar surface area (TPSA) is 115 Å². The summed E-state index contributed by atoms with van der Waals surface area (Å²) in [6.07, 6.45) is 3.67. The van der Waals surface area contributed by atoms with Gasteiger partial charge in [0.1, 0.15) is 9.84 Å². The van der Waals surface area contributed by atoms with Crippen LogP contribution in [0.2, 0.25) is 0 Å². The lowest BCUT2D eigenvalue weighted by molar-refractivity contribution is 0.270. The fourth-order valence-corrected chi connectivity index (χ4v) is 7.22. The van der Waals surface area contributed by atoms with Crippen molar-refractivity contribution in [2.24, 2.45) is 0 Å². The molecule has 218 valence electrons. The van der Waals surface area contributed by atoms with Gasteiger partial charge in [-0.05, 0) is 60.4 Å². The van der Waals surface area contributed by atoms with Gasteiger partial charge in [-0.25, -0.2) is 29.6 Å². The van der Waals surface area contributed by atoms with Crippen LogP contribution in [-0.4, -0.2) is 53.8 Å². The number of aromatic nitrogens is 1. The van der Waals surface area contributed by atoms with E-state index in [9.17, 15) is 25.3 Å². The second kappa shape index (κ2) is 11.3. The zero-order chi connectivity index (χ0) is 30.2. The second-order valence-electron chi connectivity index (χ2n) is 10.4. The van der Waals surface area contributed by atoms with E-state index in [-0.39, 0.29) is 10.5 Å². The number of sulfone groups is 3. The van der Waals surface area contributed by atoms with E-state index < -0.39 is 51.9 Å². The summed E-state index contributed by atoms with van der Waals surface area (Å²) in [7, 11) is -11.1. The Morgan fingerprint density at radius 3 is 2.15 bits per heavy atom. The van der Waals surface area contributed by atoms with E-state index in [1.807, 2.05) is 24.3 Å². The zero-order valence-corrected chi connectivity index (χ0v) is 25.7. The average molecular weight is 618 g/mol. The molecule has 4 aromatic rings. The Morgan fingerprint density at radius 2 is 1.54 bits per heavy atom. The van der Waals surface area contributed by atoms with Crippen molar-refractivity contribution in [2.45, 2.75) is 41.8 Å². The largest absolute Gasteiger partial charge is 0.256 e. The van der Waals surface area contributed by atoms with Gasteiger partial charge in [0.05, 0.1) is 21.4 Å². The molecule has 0 bridgehead atoms. The average Bonchev–Trinajstić information content (AvgIpc) is 2.91. The molecule has 41 heavy (non-hydrogen) atoms. The van der Waals surface area contributed by atoms with Crippen LogP contribution in [0.25, 0.3) is 22.0 Å². The van der Waals surface area contributed by atoms with Crippen LogP contribution >= 0.6 is 0 Å². The summed E-state index contributed by atoms with van der Waals surface area (Å²) in [6, 6.07) is 19.1. The van der Waals surface area contributed by atoms with Crippen LogP contribution in [0.1, 0.15) is 30.5 Å². The summed E-state index contributed by atoms with van der Waals surface area (Å²) in [4.78, 5) is 4.48. The van der Waals surface area contributed by atoms with Crippen LogP contribution in [0.5, 0.6) is 0 Å². The Morgan fingerprint density at radius 1 is 0.854 bits per heavy atom. The van der Waals surface area contributed by atoms with Crippen molar-refractivity contribution in [2.75, 3.05) is 18.3 Å². The van der Waals surface area contributed by atoms with Crippen molar-refractivity contribution in [3.05, 3.63) is 95.7 Å². The monoisotopic (exact) mass is 617 g/mol. The van der Waals surface area contributed by atoms with Crippen molar-refractivity contribution in [3.63, 3.8) is 0 Å². The Labute approximate surface area is 241 Å². The number of pyridine rings is 1. The maximum atomic E-state index is 16.7. The number of alkyl halides is 1. The molecular formula is C30H32FNO6S3. The standard InChI is InChI=1S/C30H32FNO6S3/c1-5-41(37,38)30(31,26-11-13-27(14-12-26)40(4,35)36)20-22-8-6-9-24(17-22)28-19-23(16-21(2)39(3,33)34)18-25-10-7-15-32-29(25)28/h6-15,17-19,21H,5,16,20H2,1-4H3. The van der Waals surface area contributed by atoms with Gasteiger partial charge < -0.3 is 0 Å². The zero-order valence-electron chi connectivity index (χ0n) is 23.2. The minimum Gasteiger partial charge on any atom is -0.256 e. The molecule has 0 aliphatic heterocycles. The van der Waals surface area contributed by atoms with E-state index >= 15 is 4.39 Å². The van der Waals surface area contributed by atoms with Crippen LogP contribution in [0.3, 0.4) is 0 Å². The number of rotatable bonds is 10. The maximum absolute atomic E-state index is 16.7. The van der Waals surface area contributed by atoms with Gasteiger partial charge in [0.2, 0.25) is 5.00 Å². The molecule has 11 heteroatoms. The van der Waals surface area contributed by atoms with Gasteiger partial charge in [0, 0.05) is 41.6 Å². The van der Waals surface area contributed by atoms with Crippen LogP contribution in [0.15, 0.2) is 83.9 Å². The number of hydrogen-bond acceptors (Lipinski definition) is 7. The molecule has 0 aliphatic rings. The second-order valence-corrected chi connectivity index (χ2v) is 17.3. The van der Waals surface area contributed by atoms with Crippen molar-refractivity contribution < 1.29 is 29.6 Å². The van der Waals surface area contributed by atoms with Crippen LogP contribution in [0, 0.1) is 0 Å². The lowest BCUT2D eigenvalue weighted by atomic mass is 9.94. The smallest absolute Gasteiger partial charge is 0.239 e. The molecule has 0 spiro atoms. The van der Waals surface area contributed by atoms with Crippen LogP contribution in [0.4, 0.5) is 4.39 Å². The summed E-state index contributed by atoms with van der Waals surface area (Å²) in [5.41, 5.74) is 3.10. The van der Waals surface area contributed by atoms with Crippen LogP contribution in [-0.2, 0) is 47.4 Å². The van der Waals surface area contributed by atoms with Crippen molar-refractivity contribution >= 4 is 40.4 Å². The fraction of sp³-hybridized carbons (Fsp3) is 0.300. The van der Waals surface area contributed by atoms with Gasteiger partial charge >= 0.3 is 0 Å². The van der Waals surface area contributed by atoms with Crippen molar-refractivity contribution in [3.8, 4) is 11.1 Å². The minimum atomic E-state index is -4.29. The number of hydrogen-bond donors (Lipinski definition) is 0. The van der Waals surface area contributed by atoms with Gasteiger partial charge in [0.25, 0.3) is 0 Å². The van der Waals surface area contributed by atoms with Crippen molar-refractivity contribution in [1.82, 2.24) is 4.98 Å². The van der Waals surface area contributed by atoms with E-state index in [0.717, 1.165) is 17.2 Å². The molecule has 2 atom stereocenters. The predicted molar refractivity (Wildman–Crippen MR) is 161 cm³/mol. The van der Waals surface area contributed by atoms with Crippen LogP contribution < -0.4 is 0 Å². The van der Waals surface area contributed by atoms with E-state index in [4.69, 9.17) is 0 Å². The third kappa shape index (κ3) is 6.52. The lowest BCUT2D eigenvalue weighted by Gasteiger charge is -2.26. The first-order chi connectivity index (χ1) is 19.0. The van der Waals surface area contributed by atoms with Gasteiger partial charge in [-0.2, -0.15) is 0 Å². The third-order valence-electron chi connectivity index (χ3n) is 7.27. The molecule has 1 aromatic heterocycles. The molecule has 1 heterocycles. The molecule has 0 amide bonds. The molecule has 0 N–H and O–H groups in total. The molecular weight excluding hydrogens is 586 g/mol. The van der Waals surface area contributed by atoms with Gasteiger partial charge in [-0.1, -0.05) is 49.4 Å². The molecule has 7 nitrogen and oxygen atoms in total. The van der Waals surface area contributed by atoms with E-state index in [2.05, 4.69) is 4.98 Å². The summed E-state index contributed by atoms with van der Waals surface area (Å²) in [5, 5.41) is -2.59.